The minimum absolute atomic E-state index is 0.0628. The van der Waals surface area contributed by atoms with Gasteiger partial charge in [-0.25, -0.2) is 19.4 Å². The highest BCUT2D eigenvalue weighted by Gasteiger charge is 2.63. The summed E-state index contributed by atoms with van der Waals surface area (Å²) >= 11 is 0. The van der Waals surface area contributed by atoms with Gasteiger partial charge in [-0.05, 0) is 66.2 Å². The van der Waals surface area contributed by atoms with Crippen molar-refractivity contribution >= 4 is 24.2 Å². The third-order valence-corrected chi connectivity index (χ3v) is 6.82. The Labute approximate surface area is 221 Å². The quantitative estimate of drug-likeness (QED) is 0.298. The molecule has 0 aromatic carbocycles. The maximum absolute atomic E-state index is 12.6. The molecule has 1 spiro atoms. The van der Waals surface area contributed by atoms with Crippen LogP contribution in [0.15, 0.2) is 15.6 Å². The molecular weight excluding hydrogens is 496 g/mol. The van der Waals surface area contributed by atoms with E-state index in [1.54, 1.807) is 52.5 Å². The molecule has 2 bridgehead atoms. The molecule has 2 aliphatic heterocycles. The van der Waals surface area contributed by atoms with Gasteiger partial charge in [0.2, 0.25) is 5.96 Å². The summed E-state index contributed by atoms with van der Waals surface area (Å²) in [4.78, 5) is 43.2. The van der Waals surface area contributed by atoms with E-state index in [-0.39, 0.29) is 35.9 Å². The number of aliphatic imine (C=N–C) groups is 1. The molecule has 3 atom stereocenters. The van der Waals surface area contributed by atoms with Crippen LogP contribution in [0.4, 0.5) is 14.4 Å². The maximum atomic E-state index is 12.6. The van der Waals surface area contributed by atoms with Crippen LogP contribution in [0.25, 0.3) is 0 Å². The van der Waals surface area contributed by atoms with Crippen LogP contribution in [-0.4, -0.2) is 74.8 Å². The van der Waals surface area contributed by atoms with E-state index in [1.165, 1.54) is 0 Å². The van der Waals surface area contributed by atoms with Gasteiger partial charge in [0.25, 0.3) is 0 Å². The van der Waals surface area contributed by atoms with E-state index in [2.05, 4.69) is 20.8 Å². The molecule has 4 amide bonds. The third-order valence-electron chi connectivity index (χ3n) is 6.82. The van der Waals surface area contributed by atoms with Crippen molar-refractivity contribution in [3.63, 3.8) is 0 Å². The molecule has 3 fully saturated rings. The Hall–Kier alpha value is -3.35. The number of nitrogens with one attached hydrogen (secondary N) is 2. The van der Waals surface area contributed by atoms with Gasteiger partial charge in [0.15, 0.2) is 0 Å². The first-order valence-corrected chi connectivity index (χ1v) is 12.9. The highest BCUT2D eigenvalue weighted by molar-refractivity contribution is 6.01. The van der Waals surface area contributed by atoms with Gasteiger partial charge < -0.3 is 18.9 Å². The highest BCUT2D eigenvalue weighted by Crippen LogP contribution is 2.61. The largest absolute Gasteiger partial charge is 0.444 e. The van der Waals surface area contributed by atoms with E-state index in [4.69, 9.17) is 14.0 Å². The number of urea groups is 1. The number of hydrogen-bond acceptors (Lipinski definition) is 9. The molecule has 38 heavy (non-hydrogen) atoms. The SMILES string of the molecule is CC(CN=C(NC(=O)OC(C)(C)C)NC(=O)OC(C)(C)C)c1cc([C@@H]2CC3(CC3)[C@@H]3CN2C(=O)N3O)no1. The van der Waals surface area contributed by atoms with Gasteiger partial charge in [0.1, 0.15) is 22.7 Å². The molecule has 1 aromatic rings. The number of hydroxylamine groups is 2. The Morgan fingerprint density at radius 1 is 1.18 bits per heavy atom. The molecule has 210 valence electrons. The van der Waals surface area contributed by atoms with E-state index < -0.39 is 29.4 Å². The second-order valence-corrected chi connectivity index (χ2v) is 12.4. The molecule has 0 radical (unpaired) electrons. The normalized spacial score (nSPS) is 22.7. The predicted octanol–water partition coefficient (Wildman–Crippen LogP) is 3.90. The minimum atomic E-state index is -0.778. The lowest BCUT2D eigenvalue weighted by Gasteiger charge is -2.35. The molecule has 1 aliphatic carbocycles. The number of hydrogen-bond donors (Lipinski definition) is 3. The average Bonchev–Trinajstić information content (AvgIpc) is 3.25. The van der Waals surface area contributed by atoms with Crippen LogP contribution in [-0.2, 0) is 9.47 Å². The molecule has 13 heteroatoms. The van der Waals surface area contributed by atoms with E-state index in [0.29, 0.717) is 18.0 Å². The lowest BCUT2D eigenvalue weighted by atomic mass is 9.84. The summed E-state index contributed by atoms with van der Waals surface area (Å²) in [5.74, 6) is 0.138. The lowest BCUT2D eigenvalue weighted by molar-refractivity contribution is -0.0782. The van der Waals surface area contributed by atoms with E-state index >= 15 is 0 Å². The van der Waals surface area contributed by atoms with E-state index in [9.17, 15) is 19.6 Å². The smallest absolute Gasteiger partial charge is 0.414 e. The van der Waals surface area contributed by atoms with Crippen LogP contribution in [0.2, 0.25) is 0 Å². The number of rotatable bonds is 4. The number of carbonyl (C=O) groups excluding carboxylic acids is 3. The summed E-state index contributed by atoms with van der Waals surface area (Å²) in [5.41, 5.74) is -0.922. The van der Waals surface area contributed by atoms with Crippen LogP contribution < -0.4 is 10.6 Å². The molecule has 2 saturated heterocycles. The lowest BCUT2D eigenvalue weighted by Crippen LogP contribution is -2.47. The molecule has 3 heterocycles. The van der Waals surface area contributed by atoms with Crippen molar-refractivity contribution < 1.29 is 33.6 Å². The highest BCUT2D eigenvalue weighted by atomic mass is 16.6. The van der Waals surface area contributed by atoms with Crippen molar-refractivity contribution in [2.45, 2.75) is 96.9 Å². The first-order chi connectivity index (χ1) is 17.6. The van der Waals surface area contributed by atoms with Gasteiger partial charge in [-0.1, -0.05) is 12.1 Å². The average molecular weight is 535 g/mol. The number of amides is 4. The summed E-state index contributed by atoms with van der Waals surface area (Å²) in [6.07, 6.45) is 1.11. The first-order valence-electron chi connectivity index (χ1n) is 12.9. The second kappa shape index (κ2) is 9.75. The predicted molar refractivity (Wildman–Crippen MR) is 134 cm³/mol. The molecule has 4 rings (SSSR count). The molecule has 3 aliphatic rings. The van der Waals surface area contributed by atoms with E-state index in [1.807, 2.05) is 6.92 Å². The summed E-state index contributed by atoms with van der Waals surface area (Å²) in [7, 11) is 0. The molecule has 1 saturated carbocycles. The minimum Gasteiger partial charge on any atom is -0.444 e. The van der Waals surface area contributed by atoms with Gasteiger partial charge in [-0.2, -0.15) is 0 Å². The van der Waals surface area contributed by atoms with Crippen molar-refractivity contribution in [2.75, 3.05) is 13.1 Å². The van der Waals surface area contributed by atoms with Crippen molar-refractivity contribution in [1.82, 2.24) is 25.8 Å². The monoisotopic (exact) mass is 534 g/mol. The zero-order valence-corrected chi connectivity index (χ0v) is 23.0. The Morgan fingerprint density at radius 2 is 1.76 bits per heavy atom. The Bertz CT molecular complexity index is 1080. The number of alkyl carbamates (subject to hydrolysis) is 2. The standard InChI is InChI=1S/C25H38N6O7/c1-14(12-26-19(27-20(32)36-23(2,3)4)28-21(33)37-24(5,6)7)17-10-15(29-38-17)16-11-25(8-9-25)18-13-30(16)22(34)31(18)35/h10,14,16,18,35H,8-9,11-13H2,1-7H3,(H2,26,27,28,32,33)/t14?,16-,18-/m0/s1. The summed E-state index contributed by atoms with van der Waals surface area (Å²) in [6.45, 7) is 12.8. The fourth-order valence-electron chi connectivity index (χ4n) is 4.84. The number of guanidine groups is 1. The fraction of sp³-hybridized carbons (Fsp3) is 0.720. The van der Waals surface area contributed by atoms with Crippen LogP contribution in [0, 0.1) is 5.41 Å². The van der Waals surface area contributed by atoms with Gasteiger partial charge in [0.05, 0.1) is 18.6 Å². The van der Waals surface area contributed by atoms with Crippen LogP contribution in [0.3, 0.4) is 0 Å². The molecular formula is C25H38N6O7. The fourth-order valence-corrected chi connectivity index (χ4v) is 4.84. The molecule has 3 N–H and O–H groups in total. The van der Waals surface area contributed by atoms with Gasteiger partial charge in [-0.3, -0.25) is 20.8 Å². The Kier molecular flexibility index (Phi) is 7.10. The van der Waals surface area contributed by atoms with Crippen molar-refractivity contribution in [1.29, 1.82) is 0 Å². The number of aromatic nitrogens is 1. The van der Waals surface area contributed by atoms with Gasteiger partial charge in [-0.15, -0.1) is 0 Å². The van der Waals surface area contributed by atoms with Crippen LogP contribution in [0.5, 0.6) is 0 Å². The first kappa shape index (κ1) is 27.7. The summed E-state index contributed by atoms with van der Waals surface area (Å²) in [6, 6.07) is 0.956. The zero-order chi connectivity index (χ0) is 28.0. The second-order valence-electron chi connectivity index (χ2n) is 12.4. The van der Waals surface area contributed by atoms with Crippen molar-refractivity contribution in [3.8, 4) is 0 Å². The van der Waals surface area contributed by atoms with Crippen molar-refractivity contribution in [2.24, 2.45) is 10.4 Å². The number of fused-ring (bicyclic) bond motifs is 3. The zero-order valence-electron chi connectivity index (χ0n) is 23.0. The molecule has 13 nitrogen and oxygen atoms in total. The van der Waals surface area contributed by atoms with E-state index in [0.717, 1.165) is 24.3 Å². The number of carbonyl (C=O) groups is 3. The Balaban J connectivity index is 1.45. The maximum Gasteiger partial charge on any atom is 0.414 e. The number of nitrogens with zero attached hydrogens (tertiary/aromatic N) is 4. The summed E-state index contributed by atoms with van der Waals surface area (Å²) in [5, 5.41) is 20.3. The van der Waals surface area contributed by atoms with Crippen LogP contribution >= 0.6 is 0 Å². The number of ether oxygens (including phenoxy) is 2. The van der Waals surface area contributed by atoms with Crippen molar-refractivity contribution in [3.05, 3.63) is 17.5 Å². The topological polar surface area (TPSA) is 159 Å². The van der Waals surface area contributed by atoms with Gasteiger partial charge in [0, 0.05) is 18.5 Å². The van der Waals surface area contributed by atoms with Crippen LogP contribution in [0.1, 0.15) is 91.1 Å². The third kappa shape index (κ3) is 6.20. The molecule has 1 aromatic heterocycles. The molecule has 1 unspecified atom stereocenters. The summed E-state index contributed by atoms with van der Waals surface area (Å²) < 4.78 is 16.1. The Morgan fingerprint density at radius 3 is 2.29 bits per heavy atom. The number of piperidine rings is 1. The van der Waals surface area contributed by atoms with Gasteiger partial charge >= 0.3 is 18.2 Å².